The predicted molar refractivity (Wildman–Crippen MR) is 73.6 cm³/mol. The van der Waals surface area contributed by atoms with Gasteiger partial charge in [0, 0.05) is 18.2 Å². The minimum Gasteiger partial charge on any atom is -0.336 e. The number of hydrogen-bond donors (Lipinski definition) is 2. The molecule has 1 aromatic heterocycles. The first-order valence-corrected chi connectivity index (χ1v) is 6.40. The van der Waals surface area contributed by atoms with Gasteiger partial charge in [0.25, 0.3) is 5.69 Å². The van der Waals surface area contributed by atoms with E-state index in [0.29, 0.717) is 15.3 Å². The Morgan fingerprint density at radius 2 is 2.21 bits per heavy atom. The molecule has 0 saturated carbocycles. The molecule has 19 heavy (non-hydrogen) atoms. The second-order valence-corrected chi connectivity index (χ2v) is 5.21. The van der Waals surface area contributed by atoms with Crippen molar-refractivity contribution < 1.29 is 9.72 Å². The molecule has 0 spiro atoms. The lowest BCUT2D eigenvalue weighted by Crippen LogP contribution is -2.34. The van der Waals surface area contributed by atoms with E-state index < -0.39 is 4.92 Å². The maximum Gasteiger partial charge on any atom is 0.321 e. The van der Waals surface area contributed by atoms with Crippen LogP contribution in [0.5, 0.6) is 0 Å². The van der Waals surface area contributed by atoms with E-state index in [4.69, 9.17) is 0 Å². The molecule has 0 radical (unpaired) electrons. The van der Waals surface area contributed by atoms with Gasteiger partial charge in [0.1, 0.15) is 0 Å². The Bertz CT molecular complexity index is 638. The minimum absolute atomic E-state index is 0.00864. The number of urea groups is 1. The van der Waals surface area contributed by atoms with Crippen LogP contribution in [-0.4, -0.2) is 22.0 Å². The van der Waals surface area contributed by atoms with Crippen molar-refractivity contribution in [3.63, 3.8) is 0 Å². The maximum atomic E-state index is 11.5. The summed E-state index contributed by atoms with van der Waals surface area (Å²) in [6.07, 6.45) is 0. The summed E-state index contributed by atoms with van der Waals surface area (Å²) in [7, 11) is 0. The molecule has 2 N–H and O–H groups in total. The Morgan fingerprint density at radius 1 is 1.47 bits per heavy atom. The fraction of sp³-hybridized carbons (Fsp3) is 0.273. The second kappa shape index (κ2) is 5.19. The first-order chi connectivity index (χ1) is 8.95. The number of rotatable bonds is 3. The first-order valence-electron chi connectivity index (χ1n) is 5.58. The molecule has 2 amide bonds. The number of carbonyl (C=O) groups excluding carboxylic acids is 1. The van der Waals surface area contributed by atoms with Gasteiger partial charge in [-0.05, 0) is 19.9 Å². The van der Waals surface area contributed by atoms with Crippen molar-refractivity contribution in [3.8, 4) is 0 Å². The van der Waals surface area contributed by atoms with Crippen LogP contribution in [0.3, 0.4) is 0 Å². The number of carbonyl (C=O) groups is 1. The van der Waals surface area contributed by atoms with Gasteiger partial charge in [-0.1, -0.05) is 11.3 Å². The van der Waals surface area contributed by atoms with Crippen molar-refractivity contribution in [1.29, 1.82) is 0 Å². The Kier molecular flexibility index (Phi) is 3.61. The van der Waals surface area contributed by atoms with Crippen molar-refractivity contribution in [2.45, 2.75) is 19.9 Å². The molecule has 0 unspecified atom stereocenters. The summed E-state index contributed by atoms with van der Waals surface area (Å²) in [5, 5.41) is 16.3. The predicted octanol–water partition coefficient (Wildman–Crippen LogP) is 2.73. The number of nitro groups is 1. The number of nitrogens with one attached hydrogen (secondary N) is 2. The molecule has 0 atom stereocenters. The number of nitro benzene ring substituents is 1. The minimum atomic E-state index is -0.461. The Balaban J connectivity index is 2.22. The molecule has 0 aliphatic carbocycles. The molecule has 0 aliphatic heterocycles. The fourth-order valence-corrected chi connectivity index (χ4v) is 2.37. The second-order valence-electron chi connectivity index (χ2n) is 4.18. The summed E-state index contributed by atoms with van der Waals surface area (Å²) in [6.45, 7) is 3.70. The molecule has 0 saturated heterocycles. The maximum absolute atomic E-state index is 11.5. The summed E-state index contributed by atoms with van der Waals surface area (Å²) in [5.74, 6) is 0. The van der Waals surface area contributed by atoms with Crippen LogP contribution >= 0.6 is 11.3 Å². The largest absolute Gasteiger partial charge is 0.336 e. The molecule has 2 aromatic rings. The van der Waals surface area contributed by atoms with Crippen molar-refractivity contribution in [2.24, 2.45) is 0 Å². The highest BCUT2D eigenvalue weighted by Crippen LogP contribution is 2.28. The number of benzene rings is 1. The van der Waals surface area contributed by atoms with Crippen LogP contribution in [-0.2, 0) is 0 Å². The molecule has 8 heteroatoms. The number of thiazole rings is 1. The van der Waals surface area contributed by atoms with Gasteiger partial charge in [-0.15, -0.1) is 0 Å². The number of anilines is 1. The van der Waals surface area contributed by atoms with Crippen molar-refractivity contribution in [3.05, 3.63) is 28.3 Å². The molecule has 2 rings (SSSR count). The summed E-state index contributed by atoms with van der Waals surface area (Å²) >= 11 is 1.20. The molecule has 0 aliphatic rings. The Hall–Kier alpha value is -2.22. The summed E-state index contributed by atoms with van der Waals surface area (Å²) < 4.78 is 0.661. The molecule has 0 bridgehead atoms. The fourth-order valence-electron chi connectivity index (χ4n) is 1.48. The third-order valence-electron chi connectivity index (χ3n) is 2.22. The van der Waals surface area contributed by atoms with E-state index in [1.54, 1.807) is 6.07 Å². The van der Waals surface area contributed by atoms with E-state index in [2.05, 4.69) is 15.6 Å². The van der Waals surface area contributed by atoms with Crippen LogP contribution < -0.4 is 10.6 Å². The van der Waals surface area contributed by atoms with Crippen LogP contribution in [0.4, 0.5) is 15.6 Å². The van der Waals surface area contributed by atoms with E-state index in [1.807, 2.05) is 13.8 Å². The van der Waals surface area contributed by atoms with E-state index in [0.717, 1.165) is 0 Å². The van der Waals surface area contributed by atoms with Crippen LogP contribution in [0.25, 0.3) is 10.2 Å². The molecule has 1 aromatic carbocycles. The zero-order valence-corrected chi connectivity index (χ0v) is 11.2. The van der Waals surface area contributed by atoms with E-state index >= 15 is 0 Å². The number of aromatic nitrogens is 1. The normalized spacial score (nSPS) is 10.7. The van der Waals surface area contributed by atoms with Crippen LogP contribution in [0.15, 0.2) is 18.2 Å². The van der Waals surface area contributed by atoms with E-state index in [-0.39, 0.29) is 17.8 Å². The third kappa shape index (κ3) is 3.16. The highest BCUT2D eigenvalue weighted by molar-refractivity contribution is 7.22. The zero-order valence-electron chi connectivity index (χ0n) is 10.3. The van der Waals surface area contributed by atoms with Gasteiger partial charge in [-0.3, -0.25) is 15.4 Å². The van der Waals surface area contributed by atoms with Crippen molar-refractivity contribution in [1.82, 2.24) is 10.3 Å². The van der Waals surface area contributed by atoms with Gasteiger partial charge in [0.05, 0.1) is 15.1 Å². The van der Waals surface area contributed by atoms with Crippen molar-refractivity contribution in [2.75, 3.05) is 5.32 Å². The van der Waals surface area contributed by atoms with Gasteiger partial charge in [-0.2, -0.15) is 0 Å². The molecular weight excluding hydrogens is 268 g/mol. The molecule has 0 fully saturated rings. The van der Waals surface area contributed by atoms with E-state index in [9.17, 15) is 14.9 Å². The lowest BCUT2D eigenvalue weighted by Gasteiger charge is -2.07. The average molecular weight is 280 g/mol. The quantitative estimate of drug-likeness (QED) is 0.667. The van der Waals surface area contributed by atoms with Gasteiger partial charge in [0.2, 0.25) is 0 Å². The summed E-state index contributed by atoms with van der Waals surface area (Å²) in [6, 6.07) is 4.08. The van der Waals surface area contributed by atoms with Crippen molar-refractivity contribution >= 4 is 38.4 Å². The molecular formula is C11H12N4O3S. The summed E-state index contributed by atoms with van der Waals surface area (Å²) in [4.78, 5) is 25.9. The van der Waals surface area contributed by atoms with Gasteiger partial charge >= 0.3 is 6.03 Å². The topological polar surface area (TPSA) is 97.2 Å². The number of fused-ring (bicyclic) bond motifs is 1. The first kappa shape index (κ1) is 13.2. The Morgan fingerprint density at radius 3 is 2.84 bits per heavy atom. The molecule has 1 heterocycles. The third-order valence-corrected chi connectivity index (χ3v) is 3.16. The highest BCUT2D eigenvalue weighted by atomic mass is 32.1. The van der Waals surface area contributed by atoms with E-state index in [1.165, 1.54) is 23.5 Å². The van der Waals surface area contributed by atoms with Crippen LogP contribution in [0.1, 0.15) is 13.8 Å². The summed E-state index contributed by atoms with van der Waals surface area (Å²) in [5.41, 5.74) is 0.629. The van der Waals surface area contributed by atoms with Gasteiger partial charge in [-0.25, -0.2) is 9.78 Å². The van der Waals surface area contributed by atoms with Gasteiger partial charge in [0.15, 0.2) is 5.13 Å². The lowest BCUT2D eigenvalue weighted by molar-refractivity contribution is -0.384. The molecule has 100 valence electrons. The standard InChI is InChI=1S/C11H12N4O3S/c1-6(2)12-10(16)14-11-13-8-4-3-7(15(17)18)5-9(8)19-11/h3-6H,1-2H3,(H2,12,13,14,16). The van der Waals surface area contributed by atoms with Crippen LogP contribution in [0, 0.1) is 10.1 Å². The number of hydrogen-bond acceptors (Lipinski definition) is 5. The van der Waals surface area contributed by atoms with Gasteiger partial charge < -0.3 is 5.32 Å². The SMILES string of the molecule is CC(C)NC(=O)Nc1nc2ccc([N+](=O)[O-])cc2s1. The Labute approximate surface area is 112 Å². The number of non-ortho nitro benzene ring substituents is 1. The number of nitrogens with zero attached hydrogens (tertiary/aromatic N) is 2. The highest BCUT2D eigenvalue weighted by Gasteiger charge is 2.12. The monoisotopic (exact) mass is 280 g/mol. The molecule has 7 nitrogen and oxygen atoms in total. The zero-order chi connectivity index (χ0) is 14.0. The van der Waals surface area contributed by atoms with Crippen LogP contribution in [0.2, 0.25) is 0 Å². The lowest BCUT2D eigenvalue weighted by atomic mass is 10.3. The average Bonchev–Trinajstić information content (AvgIpc) is 2.68. The number of amides is 2. The smallest absolute Gasteiger partial charge is 0.321 e.